The van der Waals surface area contributed by atoms with E-state index in [0.717, 1.165) is 11.3 Å². The molecular weight excluding hydrogens is 351 g/mol. The number of benzene rings is 2. The Kier molecular flexibility index (Phi) is 7.16. The SMILES string of the molecule is CC(C)COc1ccc(CNC(=O)C(OC(N)=O)c2ccc(F)cc2)cc1. The number of hydrogen-bond donors (Lipinski definition) is 2. The third-order valence-electron chi connectivity index (χ3n) is 3.62. The van der Waals surface area contributed by atoms with Crippen LogP contribution in [-0.2, 0) is 16.1 Å². The second-order valence-electron chi connectivity index (χ2n) is 6.44. The van der Waals surface area contributed by atoms with E-state index in [4.69, 9.17) is 15.2 Å². The molecule has 2 rings (SSSR count). The van der Waals surface area contributed by atoms with Crippen molar-refractivity contribution in [2.24, 2.45) is 11.7 Å². The Hall–Kier alpha value is -3.09. The average Bonchev–Trinajstić information content (AvgIpc) is 2.64. The van der Waals surface area contributed by atoms with Crippen LogP contribution in [-0.4, -0.2) is 18.6 Å². The summed E-state index contributed by atoms with van der Waals surface area (Å²) in [6.45, 7) is 4.98. The summed E-state index contributed by atoms with van der Waals surface area (Å²) in [6.07, 6.45) is -2.34. The highest BCUT2D eigenvalue weighted by Gasteiger charge is 2.24. The third kappa shape index (κ3) is 6.62. The molecule has 144 valence electrons. The van der Waals surface area contributed by atoms with E-state index in [1.807, 2.05) is 24.3 Å². The number of carbonyl (C=O) groups is 2. The van der Waals surface area contributed by atoms with Crippen molar-refractivity contribution in [1.82, 2.24) is 5.32 Å². The van der Waals surface area contributed by atoms with Gasteiger partial charge in [-0.05, 0) is 35.7 Å². The number of hydrogen-bond acceptors (Lipinski definition) is 4. The molecule has 0 saturated heterocycles. The van der Waals surface area contributed by atoms with Crippen LogP contribution in [0.5, 0.6) is 5.75 Å². The number of carbonyl (C=O) groups excluding carboxylic acids is 2. The molecule has 0 aromatic heterocycles. The fourth-order valence-electron chi connectivity index (χ4n) is 2.27. The van der Waals surface area contributed by atoms with E-state index in [1.54, 1.807) is 0 Å². The summed E-state index contributed by atoms with van der Waals surface area (Å²) in [4.78, 5) is 23.5. The lowest BCUT2D eigenvalue weighted by Crippen LogP contribution is -2.33. The number of nitrogens with one attached hydrogen (secondary N) is 1. The van der Waals surface area contributed by atoms with E-state index < -0.39 is 23.9 Å². The van der Waals surface area contributed by atoms with Gasteiger partial charge in [-0.25, -0.2) is 9.18 Å². The van der Waals surface area contributed by atoms with E-state index in [-0.39, 0.29) is 6.54 Å². The number of nitrogens with two attached hydrogens (primary N) is 1. The zero-order valence-corrected chi connectivity index (χ0v) is 15.3. The van der Waals surface area contributed by atoms with E-state index in [2.05, 4.69) is 19.2 Å². The maximum atomic E-state index is 13.1. The van der Waals surface area contributed by atoms with Gasteiger partial charge in [0, 0.05) is 12.1 Å². The smallest absolute Gasteiger partial charge is 0.405 e. The Morgan fingerprint density at radius 2 is 1.70 bits per heavy atom. The number of ether oxygens (including phenoxy) is 2. The zero-order valence-electron chi connectivity index (χ0n) is 15.3. The maximum absolute atomic E-state index is 13.1. The molecular formula is C20H23FN2O4. The summed E-state index contributed by atoms with van der Waals surface area (Å²) < 4.78 is 23.6. The number of primary amides is 1. The molecule has 2 amide bonds. The molecule has 0 fully saturated rings. The fourth-order valence-corrected chi connectivity index (χ4v) is 2.27. The van der Waals surface area contributed by atoms with Crippen molar-refractivity contribution in [1.29, 1.82) is 0 Å². The Labute approximate surface area is 157 Å². The van der Waals surface area contributed by atoms with Crippen LogP contribution in [0.15, 0.2) is 48.5 Å². The third-order valence-corrected chi connectivity index (χ3v) is 3.62. The molecule has 0 aliphatic heterocycles. The standard InChI is InChI=1S/C20H23FN2O4/c1-13(2)12-26-17-9-3-14(4-10-17)11-23-19(24)18(27-20(22)25)15-5-7-16(21)8-6-15/h3-10,13,18H,11-12H2,1-2H3,(H2,22,25)(H,23,24). The first kappa shape index (κ1) is 20.2. The topological polar surface area (TPSA) is 90.7 Å². The van der Waals surface area contributed by atoms with E-state index in [1.165, 1.54) is 24.3 Å². The molecule has 7 heteroatoms. The fraction of sp³-hybridized carbons (Fsp3) is 0.300. The Bertz CT molecular complexity index is 761. The summed E-state index contributed by atoms with van der Waals surface area (Å²) in [6, 6.07) is 12.4. The van der Waals surface area contributed by atoms with Gasteiger partial charge in [0.25, 0.3) is 5.91 Å². The highest BCUT2D eigenvalue weighted by atomic mass is 19.1. The second kappa shape index (κ2) is 9.56. The summed E-state index contributed by atoms with van der Waals surface area (Å²) in [7, 11) is 0. The minimum Gasteiger partial charge on any atom is -0.493 e. The summed E-state index contributed by atoms with van der Waals surface area (Å²) in [5.74, 6) is 0.162. The van der Waals surface area contributed by atoms with Gasteiger partial charge in [-0.2, -0.15) is 0 Å². The van der Waals surface area contributed by atoms with Gasteiger partial charge in [-0.15, -0.1) is 0 Å². The van der Waals surface area contributed by atoms with Gasteiger partial charge in [0.2, 0.25) is 6.10 Å². The molecule has 0 saturated carbocycles. The summed E-state index contributed by atoms with van der Waals surface area (Å²) in [5.41, 5.74) is 6.21. The van der Waals surface area contributed by atoms with Crippen molar-refractivity contribution in [3.8, 4) is 5.75 Å². The Balaban J connectivity index is 1.98. The van der Waals surface area contributed by atoms with Crippen molar-refractivity contribution >= 4 is 12.0 Å². The minimum atomic E-state index is -1.25. The van der Waals surface area contributed by atoms with Crippen molar-refractivity contribution in [3.05, 3.63) is 65.5 Å². The van der Waals surface area contributed by atoms with Crippen LogP contribution in [0.2, 0.25) is 0 Å². The molecule has 0 heterocycles. The molecule has 27 heavy (non-hydrogen) atoms. The van der Waals surface area contributed by atoms with Crippen LogP contribution in [0.25, 0.3) is 0 Å². The van der Waals surface area contributed by atoms with Crippen molar-refractivity contribution in [3.63, 3.8) is 0 Å². The molecule has 2 aromatic carbocycles. The number of rotatable bonds is 8. The van der Waals surface area contributed by atoms with E-state index >= 15 is 0 Å². The predicted molar refractivity (Wildman–Crippen MR) is 98.4 cm³/mol. The molecule has 0 spiro atoms. The van der Waals surface area contributed by atoms with Gasteiger partial charge in [-0.1, -0.05) is 38.1 Å². The van der Waals surface area contributed by atoms with E-state index in [0.29, 0.717) is 18.1 Å². The lowest BCUT2D eigenvalue weighted by molar-refractivity contribution is -0.129. The summed E-state index contributed by atoms with van der Waals surface area (Å²) in [5, 5.41) is 2.68. The van der Waals surface area contributed by atoms with Crippen LogP contribution >= 0.6 is 0 Å². The lowest BCUT2D eigenvalue weighted by atomic mass is 10.1. The first-order valence-electron chi connectivity index (χ1n) is 8.56. The van der Waals surface area contributed by atoms with Crippen molar-refractivity contribution < 1.29 is 23.5 Å². The van der Waals surface area contributed by atoms with Gasteiger partial charge in [0.1, 0.15) is 11.6 Å². The zero-order chi connectivity index (χ0) is 19.8. The normalized spacial score (nSPS) is 11.7. The molecule has 0 aliphatic carbocycles. The Morgan fingerprint density at radius 3 is 2.26 bits per heavy atom. The molecule has 0 bridgehead atoms. The van der Waals surface area contributed by atoms with Crippen LogP contribution in [0, 0.1) is 11.7 Å². The van der Waals surface area contributed by atoms with Crippen molar-refractivity contribution in [2.75, 3.05) is 6.61 Å². The van der Waals surface area contributed by atoms with Gasteiger partial charge >= 0.3 is 6.09 Å². The summed E-state index contributed by atoms with van der Waals surface area (Å²) >= 11 is 0. The predicted octanol–water partition coefficient (Wildman–Crippen LogP) is 3.31. The van der Waals surface area contributed by atoms with Crippen molar-refractivity contribution in [2.45, 2.75) is 26.5 Å². The molecule has 3 N–H and O–H groups in total. The van der Waals surface area contributed by atoms with Gasteiger partial charge in [0.15, 0.2) is 0 Å². The lowest BCUT2D eigenvalue weighted by Gasteiger charge is -2.17. The highest BCUT2D eigenvalue weighted by molar-refractivity contribution is 5.84. The first-order chi connectivity index (χ1) is 12.8. The first-order valence-corrected chi connectivity index (χ1v) is 8.56. The molecule has 6 nitrogen and oxygen atoms in total. The van der Waals surface area contributed by atoms with Gasteiger partial charge < -0.3 is 20.5 Å². The van der Waals surface area contributed by atoms with Crippen LogP contribution in [0.4, 0.5) is 9.18 Å². The molecule has 1 unspecified atom stereocenters. The quantitative estimate of drug-likeness (QED) is 0.742. The molecule has 1 atom stereocenters. The van der Waals surface area contributed by atoms with Crippen LogP contribution in [0.1, 0.15) is 31.1 Å². The number of amides is 2. The molecule has 0 aliphatic rings. The van der Waals surface area contributed by atoms with Gasteiger partial charge in [0.05, 0.1) is 6.61 Å². The number of halogens is 1. The average molecular weight is 374 g/mol. The maximum Gasteiger partial charge on any atom is 0.405 e. The van der Waals surface area contributed by atoms with Crippen LogP contribution in [0.3, 0.4) is 0 Å². The minimum absolute atomic E-state index is 0.225. The Morgan fingerprint density at radius 1 is 1.07 bits per heavy atom. The largest absolute Gasteiger partial charge is 0.493 e. The van der Waals surface area contributed by atoms with Crippen LogP contribution < -0.4 is 15.8 Å². The second-order valence-corrected chi connectivity index (χ2v) is 6.44. The molecule has 0 radical (unpaired) electrons. The monoisotopic (exact) mass is 374 g/mol. The van der Waals surface area contributed by atoms with E-state index in [9.17, 15) is 14.0 Å². The van der Waals surface area contributed by atoms with Gasteiger partial charge in [-0.3, -0.25) is 4.79 Å². The molecule has 2 aromatic rings. The highest BCUT2D eigenvalue weighted by Crippen LogP contribution is 2.19.